The van der Waals surface area contributed by atoms with Crippen molar-refractivity contribution in [3.05, 3.63) is 34.4 Å². The van der Waals surface area contributed by atoms with E-state index in [1.165, 1.54) is 42.4 Å². The maximum absolute atomic E-state index is 6.03. The number of benzene rings is 1. The van der Waals surface area contributed by atoms with Crippen molar-refractivity contribution < 1.29 is 0 Å². The quantitative estimate of drug-likeness (QED) is 0.784. The Morgan fingerprint density at radius 2 is 1.42 bits per heavy atom. The highest BCUT2D eigenvalue weighted by Gasteiger charge is 2.24. The molecule has 0 bridgehead atoms. The molecular weight excluding hydrogens is 230 g/mol. The van der Waals surface area contributed by atoms with Gasteiger partial charge in [0.15, 0.2) is 0 Å². The second-order valence-corrected chi connectivity index (χ2v) is 7.39. The van der Waals surface area contributed by atoms with E-state index in [-0.39, 0.29) is 5.41 Å². The van der Waals surface area contributed by atoms with Crippen molar-refractivity contribution in [2.45, 2.75) is 77.7 Å². The van der Waals surface area contributed by atoms with Crippen LogP contribution >= 0.6 is 0 Å². The molecule has 1 saturated carbocycles. The largest absolute Gasteiger partial charge is 0.328 e. The van der Waals surface area contributed by atoms with Crippen molar-refractivity contribution in [2.24, 2.45) is 5.73 Å². The molecule has 0 radical (unpaired) electrons. The van der Waals surface area contributed by atoms with Gasteiger partial charge in [0.05, 0.1) is 0 Å². The van der Waals surface area contributed by atoms with E-state index >= 15 is 0 Å². The van der Waals surface area contributed by atoms with Gasteiger partial charge in [0.2, 0.25) is 0 Å². The Bertz CT molecular complexity index is 422. The summed E-state index contributed by atoms with van der Waals surface area (Å²) in [5.41, 5.74) is 12.3. The first-order chi connectivity index (χ1) is 8.79. The van der Waals surface area contributed by atoms with Gasteiger partial charge >= 0.3 is 0 Å². The molecule has 1 aliphatic rings. The van der Waals surface area contributed by atoms with Crippen LogP contribution in [0.2, 0.25) is 0 Å². The number of hydrogen-bond acceptors (Lipinski definition) is 1. The third-order valence-corrected chi connectivity index (χ3v) is 4.64. The number of aryl methyl sites for hydroxylation is 2. The highest BCUT2D eigenvalue weighted by molar-refractivity contribution is 5.42. The van der Waals surface area contributed by atoms with Crippen molar-refractivity contribution >= 4 is 0 Å². The first-order valence-electron chi connectivity index (χ1n) is 7.66. The smallest absolute Gasteiger partial charge is 0.00392 e. The average Bonchev–Trinajstić information content (AvgIpc) is 2.29. The minimum Gasteiger partial charge on any atom is -0.328 e. The number of rotatable bonds is 1. The highest BCUT2D eigenvalue weighted by atomic mass is 14.6. The van der Waals surface area contributed by atoms with Crippen LogP contribution < -0.4 is 5.73 Å². The van der Waals surface area contributed by atoms with Crippen LogP contribution in [0.1, 0.15) is 74.6 Å². The summed E-state index contributed by atoms with van der Waals surface area (Å²) in [6.45, 7) is 11.4. The molecule has 0 aromatic heterocycles. The highest BCUT2D eigenvalue weighted by Crippen LogP contribution is 2.37. The van der Waals surface area contributed by atoms with Crippen LogP contribution in [0.4, 0.5) is 0 Å². The van der Waals surface area contributed by atoms with Gasteiger partial charge in [-0.1, -0.05) is 32.9 Å². The van der Waals surface area contributed by atoms with E-state index in [4.69, 9.17) is 5.73 Å². The topological polar surface area (TPSA) is 26.0 Å². The Morgan fingerprint density at radius 1 is 0.947 bits per heavy atom. The second-order valence-electron chi connectivity index (χ2n) is 7.39. The molecule has 19 heavy (non-hydrogen) atoms. The van der Waals surface area contributed by atoms with Gasteiger partial charge in [0.25, 0.3) is 0 Å². The van der Waals surface area contributed by atoms with E-state index in [1.807, 2.05) is 0 Å². The standard InChI is InChI=1S/C18H29N/c1-12-10-15(18(3,4)5)11-13(2)17(12)14-6-8-16(19)9-7-14/h10-11,14,16H,6-9,19H2,1-5H3. The fourth-order valence-corrected chi connectivity index (χ4v) is 3.46. The lowest BCUT2D eigenvalue weighted by molar-refractivity contribution is 0.393. The van der Waals surface area contributed by atoms with Crippen molar-refractivity contribution in [2.75, 3.05) is 0 Å². The monoisotopic (exact) mass is 259 g/mol. The van der Waals surface area contributed by atoms with Crippen molar-refractivity contribution in [1.82, 2.24) is 0 Å². The Labute approximate surface area is 118 Å². The summed E-state index contributed by atoms with van der Waals surface area (Å²) in [6, 6.07) is 5.24. The first-order valence-corrected chi connectivity index (χ1v) is 7.66. The Morgan fingerprint density at radius 3 is 1.84 bits per heavy atom. The fourth-order valence-electron chi connectivity index (χ4n) is 3.46. The number of hydrogen-bond donors (Lipinski definition) is 1. The van der Waals surface area contributed by atoms with E-state index in [9.17, 15) is 0 Å². The molecular formula is C18H29N. The molecule has 1 nitrogen and oxygen atoms in total. The molecule has 1 aliphatic carbocycles. The van der Waals surface area contributed by atoms with E-state index < -0.39 is 0 Å². The summed E-state index contributed by atoms with van der Waals surface area (Å²) >= 11 is 0. The third kappa shape index (κ3) is 3.20. The molecule has 0 heterocycles. The van der Waals surface area contributed by atoms with Crippen LogP contribution in [0.15, 0.2) is 12.1 Å². The molecule has 2 N–H and O–H groups in total. The third-order valence-electron chi connectivity index (χ3n) is 4.64. The molecule has 106 valence electrons. The van der Waals surface area contributed by atoms with E-state index in [1.54, 1.807) is 5.56 Å². The van der Waals surface area contributed by atoms with Gasteiger partial charge in [-0.2, -0.15) is 0 Å². The molecule has 0 atom stereocenters. The molecule has 1 aromatic carbocycles. The molecule has 0 amide bonds. The van der Waals surface area contributed by atoms with Crippen molar-refractivity contribution in [3.8, 4) is 0 Å². The van der Waals surface area contributed by atoms with Crippen LogP contribution in [0.25, 0.3) is 0 Å². The van der Waals surface area contributed by atoms with Crippen LogP contribution in [-0.2, 0) is 5.41 Å². The summed E-state index contributed by atoms with van der Waals surface area (Å²) < 4.78 is 0. The number of nitrogens with two attached hydrogens (primary N) is 1. The van der Waals surface area contributed by atoms with Gasteiger partial charge in [0.1, 0.15) is 0 Å². The zero-order chi connectivity index (χ0) is 14.2. The summed E-state index contributed by atoms with van der Waals surface area (Å²) in [5, 5.41) is 0. The van der Waals surface area contributed by atoms with E-state index in [2.05, 4.69) is 46.8 Å². The predicted octanol–water partition coefficient (Wildman–Crippen LogP) is 4.59. The first kappa shape index (κ1) is 14.6. The molecule has 1 aromatic rings. The molecule has 2 rings (SSSR count). The molecule has 0 aliphatic heterocycles. The van der Waals surface area contributed by atoms with Crippen LogP contribution in [0.5, 0.6) is 0 Å². The maximum atomic E-state index is 6.03. The fraction of sp³-hybridized carbons (Fsp3) is 0.667. The molecule has 1 fully saturated rings. The van der Waals surface area contributed by atoms with Gasteiger partial charge in [-0.3, -0.25) is 0 Å². The minimum atomic E-state index is 0.239. The summed E-state index contributed by atoms with van der Waals surface area (Å²) in [4.78, 5) is 0. The Kier molecular flexibility index (Phi) is 4.06. The van der Waals surface area contributed by atoms with Crippen LogP contribution in [0, 0.1) is 13.8 Å². The molecule has 0 saturated heterocycles. The maximum Gasteiger partial charge on any atom is 0.00392 e. The summed E-state index contributed by atoms with van der Waals surface area (Å²) in [5.74, 6) is 0.730. The SMILES string of the molecule is Cc1cc(C(C)(C)C)cc(C)c1C1CCC(N)CC1. The molecule has 0 unspecified atom stereocenters. The van der Waals surface area contributed by atoms with Gasteiger partial charge in [-0.15, -0.1) is 0 Å². The summed E-state index contributed by atoms with van der Waals surface area (Å²) in [7, 11) is 0. The normalized spacial score (nSPS) is 24.5. The predicted molar refractivity (Wildman–Crippen MR) is 83.8 cm³/mol. The zero-order valence-electron chi connectivity index (χ0n) is 13.2. The molecule has 1 heteroatoms. The summed E-state index contributed by atoms with van der Waals surface area (Å²) in [6.07, 6.45) is 4.89. The van der Waals surface area contributed by atoms with Crippen molar-refractivity contribution in [1.29, 1.82) is 0 Å². The van der Waals surface area contributed by atoms with Gasteiger partial charge in [-0.25, -0.2) is 0 Å². The minimum absolute atomic E-state index is 0.239. The zero-order valence-corrected chi connectivity index (χ0v) is 13.2. The molecule has 0 spiro atoms. The van der Waals surface area contributed by atoms with Crippen LogP contribution in [0.3, 0.4) is 0 Å². The Balaban J connectivity index is 2.32. The van der Waals surface area contributed by atoms with Crippen molar-refractivity contribution in [3.63, 3.8) is 0 Å². The van der Waals surface area contributed by atoms with Crippen LogP contribution in [-0.4, -0.2) is 6.04 Å². The van der Waals surface area contributed by atoms with Gasteiger partial charge in [0, 0.05) is 6.04 Å². The lowest BCUT2D eigenvalue weighted by atomic mass is 9.76. The Hall–Kier alpha value is -0.820. The lowest BCUT2D eigenvalue weighted by Crippen LogP contribution is -2.26. The van der Waals surface area contributed by atoms with Gasteiger partial charge in [-0.05, 0) is 73.1 Å². The van der Waals surface area contributed by atoms with E-state index in [0.717, 1.165) is 5.92 Å². The second kappa shape index (κ2) is 5.28. The van der Waals surface area contributed by atoms with E-state index in [0.29, 0.717) is 6.04 Å². The average molecular weight is 259 g/mol. The van der Waals surface area contributed by atoms with Gasteiger partial charge < -0.3 is 5.73 Å². The lowest BCUT2D eigenvalue weighted by Gasteiger charge is -2.30.